The van der Waals surface area contributed by atoms with Crippen LogP contribution in [0.2, 0.25) is 0 Å². The van der Waals surface area contributed by atoms with Crippen LogP contribution in [0.15, 0.2) is 29.2 Å². The molecule has 90 valence electrons. The van der Waals surface area contributed by atoms with Crippen LogP contribution in [0.5, 0.6) is 0 Å². The van der Waals surface area contributed by atoms with Crippen LogP contribution in [0.25, 0.3) is 0 Å². The molecule has 0 heterocycles. The normalized spacial score (nSPS) is 9.35. The highest BCUT2D eigenvalue weighted by Gasteiger charge is 1.99. The zero-order valence-corrected chi connectivity index (χ0v) is 10.3. The van der Waals surface area contributed by atoms with E-state index in [1.54, 1.807) is 24.3 Å². The lowest BCUT2D eigenvalue weighted by atomic mass is 10.2. The van der Waals surface area contributed by atoms with E-state index in [1.165, 1.54) is 0 Å². The summed E-state index contributed by atoms with van der Waals surface area (Å²) >= 11 is 4.95. The van der Waals surface area contributed by atoms with Crippen molar-refractivity contribution in [3.8, 4) is 12.3 Å². The molecule has 0 spiro atoms. The summed E-state index contributed by atoms with van der Waals surface area (Å²) in [4.78, 5) is 12.2. The number of anilines is 1. The van der Waals surface area contributed by atoms with Crippen LogP contribution in [0.1, 0.15) is 19.3 Å². The van der Waals surface area contributed by atoms with E-state index in [9.17, 15) is 4.79 Å². The van der Waals surface area contributed by atoms with Crippen molar-refractivity contribution in [1.82, 2.24) is 5.32 Å². The Morgan fingerprint density at radius 2 is 2.00 bits per heavy atom. The van der Waals surface area contributed by atoms with E-state index in [1.807, 2.05) is 0 Å². The predicted octanol–water partition coefficient (Wildman–Crippen LogP) is 2.52. The van der Waals surface area contributed by atoms with E-state index in [2.05, 4.69) is 16.6 Å². The molecule has 0 aromatic heterocycles. The van der Waals surface area contributed by atoms with Crippen molar-refractivity contribution in [1.29, 1.82) is 0 Å². The molecule has 0 saturated carbocycles. The number of carbonyl (C=O) groups excluding carboxylic acids is 1. The van der Waals surface area contributed by atoms with Crippen molar-refractivity contribution in [2.45, 2.75) is 24.2 Å². The summed E-state index contributed by atoms with van der Waals surface area (Å²) in [5.41, 5.74) is 0.736. The van der Waals surface area contributed by atoms with Crippen LogP contribution < -0.4 is 10.6 Å². The van der Waals surface area contributed by atoms with Gasteiger partial charge in [-0.1, -0.05) is 12.1 Å². The molecule has 2 amide bonds. The first-order valence-electron chi connectivity index (χ1n) is 5.48. The zero-order chi connectivity index (χ0) is 12.5. The van der Waals surface area contributed by atoms with Crippen LogP contribution in [0.3, 0.4) is 0 Å². The predicted molar refractivity (Wildman–Crippen MR) is 71.8 cm³/mol. The summed E-state index contributed by atoms with van der Waals surface area (Å²) in [6, 6.07) is 6.90. The monoisotopic (exact) mass is 247 g/mol. The molecule has 0 aliphatic rings. The minimum atomic E-state index is -0.206. The molecule has 0 radical (unpaired) electrons. The first kappa shape index (κ1) is 13.3. The molecule has 4 heteroatoms. The molecule has 1 aromatic carbocycles. The zero-order valence-electron chi connectivity index (χ0n) is 9.53. The van der Waals surface area contributed by atoms with Gasteiger partial charge in [0.05, 0.1) is 0 Å². The van der Waals surface area contributed by atoms with Crippen molar-refractivity contribution in [2.75, 3.05) is 11.9 Å². The summed E-state index contributed by atoms with van der Waals surface area (Å²) in [5, 5.41) is 5.48. The quantitative estimate of drug-likeness (QED) is 0.477. The topological polar surface area (TPSA) is 41.1 Å². The Kier molecular flexibility index (Phi) is 5.91. The number of unbranched alkanes of at least 4 members (excludes halogenated alkanes) is 2. The van der Waals surface area contributed by atoms with Gasteiger partial charge in [0.15, 0.2) is 0 Å². The Morgan fingerprint density at radius 1 is 1.29 bits per heavy atom. The Balaban J connectivity index is 2.21. The van der Waals surface area contributed by atoms with Crippen LogP contribution in [0, 0.1) is 12.3 Å². The van der Waals surface area contributed by atoms with Gasteiger partial charge in [-0.25, -0.2) is 4.79 Å². The fraction of sp³-hybridized carbons (Fsp3) is 0.308. The molecule has 0 aliphatic heterocycles. The second-order valence-corrected chi connectivity index (χ2v) is 4.04. The average molecular weight is 247 g/mol. The van der Waals surface area contributed by atoms with Crippen LogP contribution in [0.4, 0.5) is 10.5 Å². The molecular formula is C13H15N2OS-. The molecule has 2 N–H and O–H groups in total. The molecule has 0 saturated heterocycles. The average Bonchev–Trinajstić information content (AvgIpc) is 2.32. The molecule has 1 aromatic rings. The molecule has 17 heavy (non-hydrogen) atoms. The van der Waals surface area contributed by atoms with E-state index in [0.29, 0.717) is 6.54 Å². The molecule has 3 nitrogen and oxygen atoms in total. The van der Waals surface area contributed by atoms with Crippen molar-refractivity contribution in [3.05, 3.63) is 24.3 Å². The maximum atomic E-state index is 11.4. The largest absolute Gasteiger partial charge is 0.780 e. The first-order valence-corrected chi connectivity index (χ1v) is 5.88. The third kappa shape index (κ3) is 5.79. The van der Waals surface area contributed by atoms with Gasteiger partial charge < -0.3 is 23.3 Å². The Hall–Kier alpha value is -1.73. The molecule has 0 atom stereocenters. The molecule has 1 rings (SSSR count). The lowest BCUT2D eigenvalue weighted by Gasteiger charge is -2.09. The van der Waals surface area contributed by atoms with E-state index >= 15 is 0 Å². The highest BCUT2D eigenvalue weighted by molar-refractivity contribution is 7.58. The van der Waals surface area contributed by atoms with Crippen LogP contribution >= 0.6 is 0 Å². The fourth-order valence-corrected chi connectivity index (χ4v) is 1.40. The second kappa shape index (κ2) is 7.53. The number of hydrogen-bond donors (Lipinski definition) is 2. The van der Waals surface area contributed by atoms with Crippen molar-refractivity contribution >= 4 is 24.3 Å². The summed E-state index contributed by atoms with van der Waals surface area (Å²) in [7, 11) is 0. The van der Waals surface area contributed by atoms with E-state index in [4.69, 9.17) is 19.1 Å². The third-order valence-electron chi connectivity index (χ3n) is 2.15. The van der Waals surface area contributed by atoms with Crippen LogP contribution in [-0.2, 0) is 12.6 Å². The van der Waals surface area contributed by atoms with Crippen molar-refractivity contribution in [2.24, 2.45) is 0 Å². The summed E-state index contributed by atoms with van der Waals surface area (Å²) in [6.07, 6.45) is 7.70. The van der Waals surface area contributed by atoms with E-state index < -0.39 is 0 Å². The second-order valence-electron chi connectivity index (χ2n) is 3.57. The standard InChI is InChI=1S/C13H16N2OS/c1-2-3-4-5-10-14-13(16)15-11-6-8-12(17)9-7-11/h1,6-9,17H,3-5,10H2,(H2,14,15,16)/p-1. The van der Waals surface area contributed by atoms with E-state index in [-0.39, 0.29) is 6.03 Å². The third-order valence-corrected chi connectivity index (χ3v) is 2.42. The molecule has 0 unspecified atom stereocenters. The Labute approximate surface area is 107 Å². The van der Waals surface area contributed by atoms with Gasteiger partial charge in [-0.3, -0.25) is 0 Å². The number of amides is 2. The molecule has 0 bridgehead atoms. The number of benzene rings is 1. The fourth-order valence-electron chi connectivity index (χ4n) is 1.27. The SMILES string of the molecule is C#CCCCCNC(=O)Nc1ccc([S-])cc1. The number of terminal acetylenes is 1. The van der Waals surface area contributed by atoms with Crippen molar-refractivity contribution < 1.29 is 4.79 Å². The number of urea groups is 1. The van der Waals surface area contributed by atoms with Gasteiger partial charge >= 0.3 is 6.03 Å². The maximum Gasteiger partial charge on any atom is 0.319 e. The summed E-state index contributed by atoms with van der Waals surface area (Å²) in [6.45, 7) is 0.632. The summed E-state index contributed by atoms with van der Waals surface area (Å²) in [5.74, 6) is 2.56. The van der Waals surface area contributed by atoms with Gasteiger partial charge in [0.25, 0.3) is 0 Å². The number of nitrogens with one attached hydrogen (secondary N) is 2. The minimum absolute atomic E-state index is 0.206. The lowest BCUT2D eigenvalue weighted by Crippen LogP contribution is -2.29. The number of rotatable bonds is 5. The van der Waals surface area contributed by atoms with Gasteiger partial charge in [-0.05, 0) is 25.0 Å². The van der Waals surface area contributed by atoms with Gasteiger partial charge in [0.2, 0.25) is 0 Å². The smallest absolute Gasteiger partial charge is 0.319 e. The Bertz CT molecular complexity index is 395. The van der Waals surface area contributed by atoms with Gasteiger partial charge in [0.1, 0.15) is 0 Å². The van der Waals surface area contributed by atoms with Gasteiger partial charge in [-0.2, -0.15) is 4.90 Å². The number of hydrogen-bond acceptors (Lipinski definition) is 2. The lowest BCUT2D eigenvalue weighted by molar-refractivity contribution is 0.252. The van der Waals surface area contributed by atoms with Crippen LogP contribution in [-0.4, -0.2) is 12.6 Å². The molecular weight excluding hydrogens is 232 g/mol. The molecule has 0 fully saturated rings. The first-order chi connectivity index (χ1) is 8.22. The van der Waals surface area contributed by atoms with Gasteiger partial charge in [-0.15, -0.1) is 12.3 Å². The number of carbonyl (C=O) groups is 1. The van der Waals surface area contributed by atoms with Crippen molar-refractivity contribution in [3.63, 3.8) is 0 Å². The minimum Gasteiger partial charge on any atom is -0.780 e. The van der Waals surface area contributed by atoms with E-state index in [0.717, 1.165) is 29.8 Å². The van der Waals surface area contributed by atoms with Gasteiger partial charge in [0, 0.05) is 18.7 Å². The highest BCUT2D eigenvalue weighted by Crippen LogP contribution is 2.08. The Morgan fingerprint density at radius 3 is 2.65 bits per heavy atom. The maximum absolute atomic E-state index is 11.4. The highest BCUT2D eigenvalue weighted by atomic mass is 32.1. The summed E-state index contributed by atoms with van der Waals surface area (Å²) < 4.78 is 0. The molecule has 0 aliphatic carbocycles.